The molecular formula is C22H21F3N4O2. The number of pyridine rings is 1. The van der Waals surface area contributed by atoms with Gasteiger partial charge in [0, 0.05) is 28.8 Å². The summed E-state index contributed by atoms with van der Waals surface area (Å²) in [4.78, 5) is 34.4. The highest BCUT2D eigenvalue weighted by Gasteiger charge is 2.32. The van der Waals surface area contributed by atoms with Crippen LogP contribution in [-0.4, -0.2) is 20.9 Å². The molecule has 2 heterocycles. The van der Waals surface area contributed by atoms with Crippen molar-refractivity contribution in [2.45, 2.75) is 33.4 Å². The van der Waals surface area contributed by atoms with E-state index in [1.54, 1.807) is 13.8 Å². The van der Waals surface area contributed by atoms with E-state index in [1.807, 2.05) is 25.1 Å². The molecule has 0 aliphatic carbocycles. The molecule has 162 valence electrons. The number of carbonyl (C=O) groups is 1. The second-order valence-electron chi connectivity index (χ2n) is 7.98. The summed E-state index contributed by atoms with van der Waals surface area (Å²) in [5.74, 6) is -0.170. The predicted molar refractivity (Wildman–Crippen MR) is 110 cm³/mol. The lowest BCUT2D eigenvalue weighted by molar-refractivity contribution is -0.141. The number of halogens is 3. The van der Waals surface area contributed by atoms with Crippen LogP contribution in [0.3, 0.4) is 0 Å². The lowest BCUT2D eigenvalue weighted by Crippen LogP contribution is -2.33. The highest BCUT2D eigenvalue weighted by molar-refractivity contribution is 5.80. The highest BCUT2D eigenvalue weighted by Crippen LogP contribution is 2.30. The highest BCUT2D eigenvalue weighted by atomic mass is 19.4. The first-order valence-electron chi connectivity index (χ1n) is 9.41. The molecule has 1 aromatic carbocycles. The Bertz CT molecular complexity index is 1180. The van der Waals surface area contributed by atoms with Crippen LogP contribution in [0.1, 0.15) is 30.7 Å². The van der Waals surface area contributed by atoms with E-state index < -0.39 is 28.8 Å². The average Bonchev–Trinajstić information content (AvgIpc) is 2.68. The number of nitrogens with two attached hydrogens (primary N) is 1. The van der Waals surface area contributed by atoms with Gasteiger partial charge in [-0.3, -0.25) is 14.6 Å². The van der Waals surface area contributed by atoms with Gasteiger partial charge in [-0.15, -0.1) is 0 Å². The van der Waals surface area contributed by atoms with Crippen LogP contribution < -0.4 is 11.3 Å². The van der Waals surface area contributed by atoms with E-state index in [1.165, 1.54) is 12.1 Å². The summed E-state index contributed by atoms with van der Waals surface area (Å²) in [6.07, 6.45) is -3.13. The van der Waals surface area contributed by atoms with E-state index >= 15 is 0 Å². The largest absolute Gasteiger partial charge is 0.433 e. The lowest BCUT2D eigenvalue weighted by Gasteiger charge is -2.21. The van der Waals surface area contributed by atoms with E-state index in [4.69, 9.17) is 5.73 Å². The van der Waals surface area contributed by atoms with Gasteiger partial charge in [0.15, 0.2) is 0 Å². The van der Waals surface area contributed by atoms with Gasteiger partial charge in [-0.1, -0.05) is 26.0 Å². The quantitative estimate of drug-likeness (QED) is 0.641. The molecule has 0 unspecified atom stereocenters. The molecule has 2 aromatic heterocycles. The third-order valence-electron chi connectivity index (χ3n) is 4.96. The van der Waals surface area contributed by atoms with Gasteiger partial charge in [0.2, 0.25) is 5.91 Å². The molecule has 0 fully saturated rings. The first-order valence-corrected chi connectivity index (χ1v) is 9.41. The molecule has 9 heteroatoms. The summed E-state index contributed by atoms with van der Waals surface area (Å²) in [6, 6.07) is 8.78. The molecule has 1 amide bonds. The number of aromatic amines is 1. The normalized spacial score (nSPS) is 12.1. The molecule has 31 heavy (non-hydrogen) atoms. The summed E-state index contributed by atoms with van der Waals surface area (Å²) < 4.78 is 38.3. The zero-order valence-corrected chi connectivity index (χ0v) is 17.2. The van der Waals surface area contributed by atoms with Crippen molar-refractivity contribution in [2.24, 2.45) is 11.1 Å². The van der Waals surface area contributed by atoms with Gasteiger partial charge in [0.05, 0.1) is 5.69 Å². The molecule has 3 aromatic rings. The Morgan fingerprint density at radius 1 is 1.13 bits per heavy atom. The fourth-order valence-corrected chi connectivity index (χ4v) is 3.08. The molecule has 0 atom stereocenters. The van der Waals surface area contributed by atoms with Crippen LogP contribution in [0.5, 0.6) is 0 Å². The number of H-pyrrole nitrogens is 1. The van der Waals surface area contributed by atoms with Gasteiger partial charge in [-0.2, -0.15) is 13.2 Å². The van der Waals surface area contributed by atoms with Gasteiger partial charge in [0.1, 0.15) is 11.5 Å². The molecule has 6 nitrogen and oxygen atoms in total. The van der Waals surface area contributed by atoms with Gasteiger partial charge < -0.3 is 10.7 Å². The first kappa shape index (κ1) is 22.2. The topological polar surface area (TPSA) is 102 Å². The van der Waals surface area contributed by atoms with Gasteiger partial charge >= 0.3 is 6.18 Å². The van der Waals surface area contributed by atoms with Crippen LogP contribution in [-0.2, 0) is 17.4 Å². The average molecular weight is 430 g/mol. The lowest BCUT2D eigenvalue weighted by atomic mass is 9.84. The Labute approximate surface area is 176 Å². The fourth-order valence-electron chi connectivity index (χ4n) is 3.08. The van der Waals surface area contributed by atoms with Crippen molar-refractivity contribution in [1.29, 1.82) is 0 Å². The van der Waals surface area contributed by atoms with E-state index in [0.717, 1.165) is 23.4 Å². The second-order valence-corrected chi connectivity index (χ2v) is 7.98. The zero-order valence-electron chi connectivity index (χ0n) is 17.2. The number of nitrogens with one attached hydrogen (secondary N) is 1. The van der Waals surface area contributed by atoms with Crippen LogP contribution >= 0.6 is 0 Å². The predicted octanol–water partition coefficient (Wildman–Crippen LogP) is 3.88. The van der Waals surface area contributed by atoms with Gasteiger partial charge in [-0.25, -0.2) is 4.98 Å². The minimum absolute atomic E-state index is 0.197. The van der Waals surface area contributed by atoms with Crippen LogP contribution in [0.15, 0.2) is 47.4 Å². The molecular weight excluding hydrogens is 409 g/mol. The van der Waals surface area contributed by atoms with Gasteiger partial charge in [-0.05, 0) is 42.7 Å². The van der Waals surface area contributed by atoms with Crippen LogP contribution in [0.4, 0.5) is 13.2 Å². The number of benzene rings is 1. The molecule has 0 radical (unpaired) electrons. The zero-order chi connectivity index (χ0) is 23.0. The van der Waals surface area contributed by atoms with Crippen molar-refractivity contribution in [3.63, 3.8) is 0 Å². The number of hydrogen-bond donors (Lipinski definition) is 2. The maximum Gasteiger partial charge on any atom is 0.433 e. The molecule has 0 aliphatic heterocycles. The van der Waals surface area contributed by atoms with Crippen molar-refractivity contribution >= 4 is 5.91 Å². The maximum absolute atomic E-state index is 12.8. The molecule has 3 N–H and O–H groups in total. The maximum atomic E-state index is 12.8. The molecule has 0 saturated heterocycles. The van der Waals surface area contributed by atoms with E-state index in [2.05, 4.69) is 15.0 Å². The van der Waals surface area contributed by atoms with Crippen LogP contribution in [0.25, 0.3) is 22.6 Å². The number of aryl methyl sites for hydroxylation is 1. The van der Waals surface area contributed by atoms with Crippen LogP contribution in [0, 0.1) is 12.3 Å². The first-order chi connectivity index (χ1) is 14.4. The third kappa shape index (κ3) is 4.99. The summed E-state index contributed by atoms with van der Waals surface area (Å²) >= 11 is 0. The van der Waals surface area contributed by atoms with Gasteiger partial charge in [0.25, 0.3) is 5.56 Å². The number of nitrogens with zero attached hydrogens (tertiary/aromatic N) is 2. The SMILES string of the molecule is Cc1ccc(CC(C)(C)C(N)=O)cc1-c1nc(-c2ccc(C(F)(F)F)nc2)cc(=O)[nH]1. The van der Waals surface area contributed by atoms with E-state index in [-0.39, 0.29) is 17.1 Å². The Balaban J connectivity index is 2.03. The van der Waals surface area contributed by atoms with Crippen molar-refractivity contribution < 1.29 is 18.0 Å². The minimum Gasteiger partial charge on any atom is -0.369 e. The summed E-state index contributed by atoms with van der Waals surface area (Å²) in [7, 11) is 0. The van der Waals surface area contributed by atoms with Crippen molar-refractivity contribution in [2.75, 3.05) is 0 Å². The van der Waals surface area contributed by atoms with Crippen LogP contribution in [0.2, 0.25) is 0 Å². The Hall–Kier alpha value is -3.49. The number of aromatic nitrogens is 3. The number of rotatable bonds is 5. The Morgan fingerprint density at radius 3 is 2.42 bits per heavy atom. The second kappa shape index (κ2) is 7.98. The molecule has 0 saturated carbocycles. The third-order valence-corrected chi connectivity index (χ3v) is 4.96. The summed E-state index contributed by atoms with van der Waals surface area (Å²) in [6.45, 7) is 5.32. The van der Waals surface area contributed by atoms with Crippen molar-refractivity contribution in [1.82, 2.24) is 15.0 Å². The fraction of sp³-hybridized carbons (Fsp3) is 0.273. The Morgan fingerprint density at radius 2 is 1.84 bits per heavy atom. The number of carbonyl (C=O) groups excluding carboxylic acids is 1. The number of primary amides is 1. The van der Waals surface area contributed by atoms with E-state index in [0.29, 0.717) is 12.0 Å². The molecule has 0 aliphatic rings. The monoisotopic (exact) mass is 430 g/mol. The summed E-state index contributed by atoms with van der Waals surface area (Å²) in [5, 5.41) is 0. The van der Waals surface area contributed by atoms with E-state index in [9.17, 15) is 22.8 Å². The standard InChI is InChI=1S/C22H21F3N4O2/c1-12-4-5-13(10-21(2,3)20(26)31)8-15(12)19-28-16(9-18(30)29-19)14-6-7-17(27-11-14)22(23,24)25/h4-9,11H,10H2,1-3H3,(H2,26,31)(H,28,29,30). The Kier molecular flexibility index (Phi) is 5.71. The number of hydrogen-bond acceptors (Lipinski definition) is 4. The smallest absolute Gasteiger partial charge is 0.369 e. The minimum atomic E-state index is -4.55. The van der Waals surface area contributed by atoms with Crippen molar-refractivity contribution in [3.8, 4) is 22.6 Å². The molecule has 0 spiro atoms. The molecule has 3 rings (SSSR count). The molecule has 0 bridgehead atoms. The number of amides is 1. The number of alkyl halides is 3. The van der Waals surface area contributed by atoms with Crippen molar-refractivity contribution in [3.05, 3.63) is 69.8 Å². The summed E-state index contributed by atoms with van der Waals surface area (Å²) in [5.41, 5.74) is 5.99.